The normalized spacial score (nSPS) is 12.3. The zero-order chi connectivity index (χ0) is 20.4. The lowest BCUT2D eigenvalue weighted by Gasteiger charge is -2.11. The fourth-order valence-corrected chi connectivity index (χ4v) is 3.33. The molecule has 3 rings (SSSR count). The van der Waals surface area contributed by atoms with Gasteiger partial charge in [0.2, 0.25) is 5.91 Å². The predicted octanol–water partition coefficient (Wildman–Crippen LogP) is 2.92. The Hall–Kier alpha value is -2.96. The number of nitrogens with zero attached hydrogens (tertiary/aromatic N) is 3. The van der Waals surface area contributed by atoms with E-state index in [2.05, 4.69) is 10.4 Å². The third-order valence-electron chi connectivity index (χ3n) is 5.17. The first-order chi connectivity index (χ1) is 13.3. The number of nitrogens with one attached hydrogen (secondary N) is 1. The van der Waals surface area contributed by atoms with Crippen LogP contribution in [0, 0.1) is 19.7 Å². The Morgan fingerprint density at radius 1 is 1.21 bits per heavy atom. The van der Waals surface area contributed by atoms with Gasteiger partial charge in [-0.1, -0.05) is 19.1 Å². The van der Waals surface area contributed by atoms with Crippen LogP contribution >= 0.6 is 0 Å². The molecule has 0 unspecified atom stereocenters. The van der Waals surface area contributed by atoms with Gasteiger partial charge in [-0.05, 0) is 44.9 Å². The first kappa shape index (κ1) is 19.8. The molecular formula is C21H25FN4O2. The van der Waals surface area contributed by atoms with Crippen LogP contribution in [0.5, 0.6) is 0 Å². The number of carbonyl (C=O) groups is 1. The van der Waals surface area contributed by atoms with Crippen molar-refractivity contribution in [1.82, 2.24) is 19.7 Å². The highest BCUT2D eigenvalue weighted by Crippen LogP contribution is 2.23. The molecule has 0 spiro atoms. The molecule has 148 valence electrons. The summed E-state index contributed by atoms with van der Waals surface area (Å²) in [6.45, 7) is 8.13. The van der Waals surface area contributed by atoms with Crippen molar-refractivity contribution in [3.05, 3.63) is 63.6 Å². The molecule has 1 aromatic carbocycles. The van der Waals surface area contributed by atoms with Gasteiger partial charge in [0, 0.05) is 29.4 Å². The molecule has 1 atom stereocenters. The molecule has 1 amide bonds. The van der Waals surface area contributed by atoms with Gasteiger partial charge in [0.15, 0.2) is 0 Å². The zero-order valence-corrected chi connectivity index (χ0v) is 16.6. The standard InChI is InChI=1S/C21H25FN4O2/c1-5-13(2)24-19(27)12-26-21(28)20-15(4)25(14(3)18(20)10-23-26)11-16-6-8-17(22)9-7-16/h6-10,13H,5,11-12H2,1-4H3,(H,24,27)/t13-/m1/s1. The fraction of sp³-hybridized carbons (Fsp3) is 0.381. The van der Waals surface area contributed by atoms with E-state index < -0.39 is 0 Å². The molecule has 0 aliphatic heterocycles. The smallest absolute Gasteiger partial charge is 0.276 e. The van der Waals surface area contributed by atoms with E-state index in [1.165, 1.54) is 16.8 Å². The molecule has 0 aliphatic rings. The minimum atomic E-state index is -0.282. The second-order valence-corrected chi connectivity index (χ2v) is 7.16. The van der Waals surface area contributed by atoms with E-state index in [1.54, 1.807) is 18.3 Å². The average Bonchev–Trinajstić information content (AvgIpc) is 2.90. The minimum Gasteiger partial charge on any atom is -0.352 e. The van der Waals surface area contributed by atoms with Crippen LogP contribution in [0.15, 0.2) is 35.3 Å². The van der Waals surface area contributed by atoms with Crippen molar-refractivity contribution in [3.63, 3.8) is 0 Å². The van der Waals surface area contributed by atoms with Gasteiger partial charge in [-0.3, -0.25) is 9.59 Å². The van der Waals surface area contributed by atoms with Crippen molar-refractivity contribution in [2.45, 2.75) is 53.2 Å². The van der Waals surface area contributed by atoms with E-state index in [-0.39, 0.29) is 29.9 Å². The van der Waals surface area contributed by atoms with Crippen LogP contribution in [-0.4, -0.2) is 26.3 Å². The first-order valence-corrected chi connectivity index (χ1v) is 9.41. The Bertz CT molecular complexity index is 1070. The number of carbonyl (C=O) groups excluding carboxylic acids is 1. The molecule has 0 bridgehead atoms. The Labute approximate surface area is 163 Å². The summed E-state index contributed by atoms with van der Waals surface area (Å²) >= 11 is 0. The van der Waals surface area contributed by atoms with Crippen LogP contribution in [0.2, 0.25) is 0 Å². The minimum absolute atomic E-state index is 0.0488. The topological polar surface area (TPSA) is 68.9 Å². The van der Waals surface area contributed by atoms with Crippen molar-refractivity contribution in [2.75, 3.05) is 0 Å². The Morgan fingerprint density at radius 2 is 1.89 bits per heavy atom. The van der Waals surface area contributed by atoms with E-state index in [0.717, 1.165) is 28.8 Å². The van der Waals surface area contributed by atoms with Crippen molar-refractivity contribution in [1.29, 1.82) is 0 Å². The molecule has 0 radical (unpaired) electrons. The van der Waals surface area contributed by atoms with Gasteiger partial charge in [0.05, 0.1) is 11.6 Å². The van der Waals surface area contributed by atoms with Crippen LogP contribution < -0.4 is 10.9 Å². The van der Waals surface area contributed by atoms with Crippen LogP contribution in [0.1, 0.15) is 37.2 Å². The van der Waals surface area contributed by atoms with Crippen molar-refractivity contribution in [2.24, 2.45) is 0 Å². The molecule has 2 heterocycles. The third kappa shape index (κ3) is 3.83. The van der Waals surface area contributed by atoms with Gasteiger partial charge in [0.25, 0.3) is 5.56 Å². The highest BCUT2D eigenvalue weighted by atomic mass is 19.1. The summed E-state index contributed by atoms with van der Waals surface area (Å²) in [4.78, 5) is 25.1. The third-order valence-corrected chi connectivity index (χ3v) is 5.17. The van der Waals surface area contributed by atoms with E-state index in [1.807, 2.05) is 32.3 Å². The summed E-state index contributed by atoms with van der Waals surface area (Å²) in [5.41, 5.74) is 2.38. The quantitative estimate of drug-likeness (QED) is 0.710. The lowest BCUT2D eigenvalue weighted by molar-refractivity contribution is -0.122. The maximum absolute atomic E-state index is 13.2. The fourth-order valence-electron chi connectivity index (χ4n) is 3.33. The summed E-state index contributed by atoms with van der Waals surface area (Å²) in [6, 6.07) is 6.36. The molecule has 7 heteroatoms. The maximum atomic E-state index is 13.2. The molecule has 1 N–H and O–H groups in total. The van der Waals surface area contributed by atoms with Gasteiger partial charge in [-0.25, -0.2) is 9.07 Å². The van der Waals surface area contributed by atoms with Gasteiger partial charge in [0.1, 0.15) is 12.4 Å². The maximum Gasteiger partial charge on any atom is 0.276 e. The molecule has 6 nitrogen and oxygen atoms in total. The highest BCUT2D eigenvalue weighted by molar-refractivity contribution is 5.87. The summed E-state index contributed by atoms with van der Waals surface area (Å²) in [5, 5.41) is 8.37. The van der Waals surface area contributed by atoms with Crippen LogP contribution in [-0.2, 0) is 17.9 Å². The number of hydrogen-bond acceptors (Lipinski definition) is 3. The average molecular weight is 384 g/mol. The molecule has 28 heavy (non-hydrogen) atoms. The molecule has 3 aromatic rings. The monoisotopic (exact) mass is 384 g/mol. The number of rotatable bonds is 6. The number of aryl methyl sites for hydroxylation is 2. The Balaban J connectivity index is 1.96. The number of amides is 1. The number of halogens is 1. The lowest BCUT2D eigenvalue weighted by atomic mass is 10.2. The van der Waals surface area contributed by atoms with Crippen molar-refractivity contribution >= 4 is 16.7 Å². The number of benzene rings is 1. The van der Waals surface area contributed by atoms with Crippen LogP contribution in [0.25, 0.3) is 10.8 Å². The van der Waals surface area contributed by atoms with E-state index in [9.17, 15) is 14.0 Å². The molecule has 0 fully saturated rings. The Morgan fingerprint density at radius 3 is 2.54 bits per heavy atom. The predicted molar refractivity (Wildman–Crippen MR) is 107 cm³/mol. The molecule has 0 saturated heterocycles. The van der Waals surface area contributed by atoms with Crippen molar-refractivity contribution < 1.29 is 9.18 Å². The molecule has 0 saturated carbocycles. The van der Waals surface area contributed by atoms with Gasteiger partial charge in [-0.15, -0.1) is 0 Å². The molecule has 2 aromatic heterocycles. The second-order valence-electron chi connectivity index (χ2n) is 7.16. The van der Waals surface area contributed by atoms with Gasteiger partial charge >= 0.3 is 0 Å². The van der Waals surface area contributed by atoms with Gasteiger partial charge < -0.3 is 9.88 Å². The van der Waals surface area contributed by atoms with Crippen molar-refractivity contribution in [3.8, 4) is 0 Å². The first-order valence-electron chi connectivity index (χ1n) is 9.41. The van der Waals surface area contributed by atoms with E-state index >= 15 is 0 Å². The second kappa shape index (κ2) is 7.96. The summed E-state index contributed by atoms with van der Waals surface area (Å²) in [7, 11) is 0. The molecule has 0 aliphatic carbocycles. The number of fused-ring (bicyclic) bond motifs is 1. The summed E-state index contributed by atoms with van der Waals surface area (Å²) in [6.07, 6.45) is 2.45. The highest BCUT2D eigenvalue weighted by Gasteiger charge is 2.17. The zero-order valence-electron chi connectivity index (χ0n) is 16.6. The van der Waals surface area contributed by atoms with Crippen LogP contribution in [0.3, 0.4) is 0 Å². The SMILES string of the molecule is CC[C@@H](C)NC(=O)Cn1ncc2c(C)n(Cc3ccc(F)cc3)c(C)c2c1=O. The van der Waals surface area contributed by atoms with Gasteiger partial charge in [-0.2, -0.15) is 5.10 Å². The van der Waals surface area contributed by atoms with E-state index in [0.29, 0.717) is 11.9 Å². The summed E-state index contributed by atoms with van der Waals surface area (Å²) < 4.78 is 16.4. The number of hydrogen-bond donors (Lipinski definition) is 1. The van der Waals surface area contributed by atoms with Crippen LogP contribution in [0.4, 0.5) is 4.39 Å². The largest absolute Gasteiger partial charge is 0.352 e. The lowest BCUT2D eigenvalue weighted by Crippen LogP contribution is -2.37. The number of aromatic nitrogens is 3. The molecular weight excluding hydrogens is 359 g/mol. The Kier molecular flexibility index (Phi) is 5.63. The van der Waals surface area contributed by atoms with E-state index in [4.69, 9.17) is 0 Å². The summed E-state index contributed by atoms with van der Waals surface area (Å²) in [5.74, 6) is -0.513.